The van der Waals surface area contributed by atoms with Gasteiger partial charge in [-0.2, -0.15) is 0 Å². The number of allylic oxidation sites excluding steroid dienone is 1. The van der Waals surface area contributed by atoms with Crippen molar-refractivity contribution in [3.05, 3.63) is 53.6 Å². The summed E-state index contributed by atoms with van der Waals surface area (Å²) in [5, 5.41) is 10.4. The van der Waals surface area contributed by atoms with Crippen molar-refractivity contribution in [3.63, 3.8) is 0 Å². The minimum Gasteiger partial charge on any atom is -0.507 e. The van der Waals surface area contributed by atoms with Crippen LogP contribution in [0.15, 0.2) is 42.5 Å². The Morgan fingerprint density at radius 3 is 1.95 bits per heavy atom. The van der Waals surface area contributed by atoms with Gasteiger partial charge in [0.15, 0.2) is 5.78 Å². The van der Waals surface area contributed by atoms with Gasteiger partial charge in [0.2, 0.25) is 0 Å². The molecular formula is C31H38O8. The van der Waals surface area contributed by atoms with Crippen molar-refractivity contribution in [2.75, 3.05) is 0 Å². The maximum absolute atomic E-state index is 12.7. The van der Waals surface area contributed by atoms with E-state index in [1.54, 1.807) is 0 Å². The lowest BCUT2D eigenvalue weighted by Gasteiger charge is -2.09. The second kappa shape index (κ2) is 16.8. The first-order chi connectivity index (χ1) is 18.7. The Morgan fingerprint density at radius 2 is 1.33 bits per heavy atom. The number of phenols is 1. The van der Waals surface area contributed by atoms with Crippen LogP contribution in [0, 0.1) is 0 Å². The average Bonchev–Trinajstić information content (AvgIpc) is 2.86. The molecule has 0 bridgehead atoms. The number of carbonyl (C=O) groups is 4. The predicted molar refractivity (Wildman–Crippen MR) is 148 cm³/mol. The van der Waals surface area contributed by atoms with Crippen LogP contribution in [0.1, 0.15) is 101 Å². The van der Waals surface area contributed by atoms with Crippen molar-refractivity contribution in [1.29, 1.82) is 0 Å². The summed E-state index contributed by atoms with van der Waals surface area (Å²) in [6.45, 7) is 4.67. The van der Waals surface area contributed by atoms with E-state index in [0.29, 0.717) is 12.0 Å². The molecule has 2 rings (SSSR count). The number of rotatable bonds is 16. The van der Waals surface area contributed by atoms with Crippen molar-refractivity contribution >= 4 is 29.8 Å². The van der Waals surface area contributed by atoms with Crippen LogP contribution in [-0.2, 0) is 14.4 Å². The fourth-order valence-corrected chi connectivity index (χ4v) is 3.93. The number of benzene rings is 2. The molecule has 0 atom stereocenters. The van der Waals surface area contributed by atoms with Crippen LogP contribution in [0.25, 0.3) is 6.08 Å². The van der Waals surface area contributed by atoms with E-state index in [4.69, 9.17) is 14.2 Å². The first-order valence-electron chi connectivity index (χ1n) is 13.5. The Morgan fingerprint density at radius 1 is 0.744 bits per heavy atom. The highest BCUT2D eigenvalue weighted by atomic mass is 16.5. The molecule has 8 heteroatoms. The second-order valence-corrected chi connectivity index (χ2v) is 9.32. The van der Waals surface area contributed by atoms with Crippen molar-refractivity contribution in [3.8, 4) is 23.0 Å². The third kappa shape index (κ3) is 12.0. The summed E-state index contributed by atoms with van der Waals surface area (Å²) in [6, 6.07) is 8.44. The van der Waals surface area contributed by atoms with Gasteiger partial charge in [-0.05, 0) is 42.8 Å². The maximum Gasteiger partial charge on any atom is 0.311 e. The van der Waals surface area contributed by atoms with Crippen LogP contribution in [0.4, 0.5) is 0 Å². The van der Waals surface area contributed by atoms with E-state index in [2.05, 4.69) is 6.92 Å². The minimum atomic E-state index is -0.587. The summed E-state index contributed by atoms with van der Waals surface area (Å²) < 4.78 is 15.5. The number of phenolic OH excluding ortho intramolecular Hbond substituents is 1. The van der Waals surface area contributed by atoms with Gasteiger partial charge in [0.05, 0.1) is 5.56 Å². The molecule has 0 aliphatic rings. The summed E-state index contributed by atoms with van der Waals surface area (Å²) in [5.74, 6) is -1.90. The first kappa shape index (κ1) is 31.3. The lowest BCUT2D eigenvalue weighted by atomic mass is 10.1. The molecule has 0 aliphatic heterocycles. The summed E-state index contributed by atoms with van der Waals surface area (Å²) >= 11 is 0. The Bertz CT molecular complexity index is 1170. The van der Waals surface area contributed by atoms with Crippen LogP contribution >= 0.6 is 0 Å². The first-order valence-corrected chi connectivity index (χ1v) is 13.5. The second-order valence-electron chi connectivity index (χ2n) is 9.32. The summed E-state index contributed by atoms with van der Waals surface area (Å²) in [5.41, 5.74) is 0.395. The van der Waals surface area contributed by atoms with Crippen molar-refractivity contribution < 1.29 is 38.5 Å². The predicted octanol–water partition coefficient (Wildman–Crippen LogP) is 6.97. The molecule has 2 aromatic carbocycles. The molecule has 210 valence electrons. The van der Waals surface area contributed by atoms with Crippen LogP contribution < -0.4 is 14.2 Å². The molecule has 0 saturated carbocycles. The normalized spacial score (nSPS) is 10.8. The molecule has 0 heterocycles. The fourth-order valence-electron chi connectivity index (χ4n) is 3.93. The van der Waals surface area contributed by atoms with Crippen molar-refractivity contribution in [2.45, 2.75) is 85.0 Å². The molecule has 0 aromatic heterocycles. The summed E-state index contributed by atoms with van der Waals surface area (Å²) in [6.07, 6.45) is 13.2. The third-order valence-corrected chi connectivity index (χ3v) is 5.87. The highest BCUT2D eigenvalue weighted by Crippen LogP contribution is 2.28. The van der Waals surface area contributed by atoms with E-state index in [0.717, 1.165) is 19.3 Å². The minimum absolute atomic E-state index is 0.00977. The van der Waals surface area contributed by atoms with Gasteiger partial charge in [-0.3, -0.25) is 19.2 Å². The molecule has 0 saturated heterocycles. The number of unbranched alkanes of at least 4 members (excludes halogenated alkanes) is 8. The molecule has 0 aliphatic carbocycles. The van der Waals surface area contributed by atoms with E-state index in [9.17, 15) is 24.3 Å². The molecule has 39 heavy (non-hydrogen) atoms. The zero-order valence-electron chi connectivity index (χ0n) is 23.0. The average molecular weight is 539 g/mol. The van der Waals surface area contributed by atoms with E-state index < -0.39 is 17.7 Å². The van der Waals surface area contributed by atoms with E-state index in [-0.39, 0.29) is 34.5 Å². The monoisotopic (exact) mass is 538 g/mol. The van der Waals surface area contributed by atoms with E-state index in [1.807, 2.05) is 0 Å². The Kier molecular flexibility index (Phi) is 13.5. The molecule has 0 amide bonds. The smallest absolute Gasteiger partial charge is 0.311 e. The van der Waals surface area contributed by atoms with Crippen molar-refractivity contribution in [2.24, 2.45) is 0 Å². The summed E-state index contributed by atoms with van der Waals surface area (Å²) in [7, 11) is 0. The van der Waals surface area contributed by atoms with Crippen LogP contribution in [0.5, 0.6) is 23.0 Å². The molecule has 0 spiro atoms. The van der Waals surface area contributed by atoms with Gasteiger partial charge in [0, 0.05) is 38.0 Å². The van der Waals surface area contributed by atoms with Gasteiger partial charge in [-0.1, -0.05) is 58.3 Å². The highest BCUT2D eigenvalue weighted by Gasteiger charge is 2.13. The molecule has 8 nitrogen and oxygen atoms in total. The van der Waals surface area contributed by atoms with Gasteiger partial charge in [0.1, 0.15) is 23.0 Å². The molecular weight excluding hydrogens is 500 g/mol. The standard InChI is InChI=1S/C31H38O8/c1-4-5-6-7-8-9-10-11-12-13-31(36)39-25-17-18-27(29(35)20-25)28(34)19-15-24-14-16-26(37-22(2)32)21-30(24)38-23(3)33/h14-21,35H,4-13H2,1-3H3. The van der Waals surface area contributed by atoms with Gasteiger partial charge in [-0.25, -0.2) is 0 Å². The van der Waals surface area contributed by atoms with E-state index >= 15 is 0 Å². The molecule has 0 radical (unpaired) electrons. The van der Waals surface area contributed by atoms with Gasteiger partial charge >= 0.3 is 17.9 Å². The summed E-state index contributed by atoms with van der Waals surface area (Å²) in [4.78, 5) is 47.5. The Labute approximate surface area is 230 Å². The molecule has 2 aromatic rings. The molecule has 0 unspecified atom stereocenters. The maximum atomic E-state index is 12.7. The topological polar surface area (TPSA) is 116 Å². The SMILES string of the molecule is CCCCCCCCCCCC(=O)Oc1ccc(C(=O)C=Cc2ccc(OC(C)=O)cc2OC(C)=O)c(O)c1. The number of aromatic hydroxyl groups is 1. The zero-order chi connectivity index (χ0) is 28.6. The number of ether oxygens (including phenoxy) is 3. The van der Waals surface area contributed by atoms with Gasteiger partial charge in [-0.15, -0.1) is 0 Å². The number of esters is 3. The molecule has 0 fully saturated rings. The van der Waals surface area contributed by atoms with Gasteiger partial charge in [0.25, 0.3) is 0 Å². The third-order valence-electron chi connectivity index (χ3n) is 5.87. The van der Waals surface area contributed by atoms with Crippen molar-refractivity contribution in [1.82, 2.24) is 0 Å². The fraction of sp³-hybridized carbons (Fsp3) is 0.419. The quantitative estimate of drug-likeness (QED) is 0.0801. The molecule has 1 N–H and O–H groups in total. The Hall–Kier alpha value is -3.94. The van der Waals surface area contributed by atoms with Crippen LogP contribution in [-0.4, -0.2) is 28.8 Å². The van der Waals surface area contributed by atoms with Crippen LogP contribution in [0.2, 0.25) is 0 Å². The largest absolute Gasteiger partial charge is 0.507 e. The number of carbonyl (C=O) groups excluding carboxylic acids is 4. The number of hydrogen-bond donors (Lipinski definition) is 1. The lowest BCUT2D eigenvalue weighted by molar-refractivity contribution is -0.135. The van der Waals surface area contributed by atoms with Gasteiger partial charge < -0.3 is 19.3 Å². The Balaban J connectivity index is 1.91. The zero-order valence-corrected chi connectivity index (χ0v) is 23.0. The van der Waals surface area contributed by atoms with Crippen LogP contribution in [0.3, 0.4) is 0 Å². The lowest BCUT2D eigenvalue weighted by Crippen LogP contribution is -2.08. The van der Waals surface area contributed by atoms with E-state index in [1.165, 1.54) is 101 Å². The number of ketones is 1. The number of hydrogen-bond acceptors (Lipinski definition) is 8. The highest BCUT2D eigenvalue weighted by molar-refractivity contribution is 6.08.